The van der Waals surface area contributed by atoms with Crippen molar-refractivity contribution in [3.8, 4) is 0 Å². The van der Waals surface area contributed by atoms with Crippen molar-refractivity contribution in [1.29, 1.82) is 0 Å². The predicted octanol–water partition coefficient (Wildman–Crippen LogP) is 4.69. The van der Waals surface area contributed by atoms with E-state index in [0.29, 0.717) is 6.54 Å². The highest BCUT2D eigenvalue weighted by molar-refractivity contribution is 5.86. The molecule has 1 aliphatic heterocycles. The molecule has 0 saturated heterocycles. The Kier molecular flexibility index (Phi) is 4.34. The second kappa shape index (κ2) is 6.64. The quantitative estimate of drug-likeness (QED) is 0.673. The molecule has 0 saturated carbocycles. The van der Waals surface area contributed by atoms with E-state index in [1.165, 1.54) is 27.7 Å². The van der Waals surface area contributed by atoms with Crippen molar-refractivity contribution >= 4 is 10.9 Å². The first-order valence-electron chi connectivity index (χ1n) is 9.11. The largest absolute Gasteiger partial charge is 0.341 e. The maximum atomic E-state index is 15.0. The fraction of sp³-hybridized carbons (Fsp3) is 0.364. The van der Waals surface area contributed by atoms with E-state index in [1.807, 2.05) is 30.3 Å². The van der Waals surface area contributed by atoms with Crippen molar-refractivity contribution in [2.24, 2.45) is 0 Å². The van der Waals surface area contributed by atoms with Crippen molar-refractivity contribution in [3.63, 3.8) is 0 Å². The first kappa shape index (κ1) is 16.3. The highest BCUT2D eigenvalue weighted by Gasteiger charge is 2.22. The van der Waals surface area contributed by atoms with Gasteiger partial charge in [-0.2, -0.15) is 0 Å². The Morgan fingerprint density at radius 1 is 1.04 bits per heavy atom. The first-order valence-corrected chi connectivity index (χ1v) is 9.11. The summed E-state index contributed by atoms with van der Waals surface area (Å²) in [5.41, 5.74) is 5.95. The molecule has 1 atom stereocenters. The second-order valence-electron chi connectivity index (χ2n) is 7.24. The van der Waals surface area contributed by atoms with Crippen LogP contribution in [0.2, 0.25) is 0 Å². The Morgan fingerprint density at radius 2 is 1.80 bits per heavy atom. The summed E-state index contributed by atoms with van der Waals surface area (Å²) in [6, 6.07) is 16.1. The molecule has 2 aromatic carbocycles. The number of benzene rings is 2. The molecule has 1 aliphatic rings. The Bertz CT molecular complexity index is 882. The lowest BCUT2D eigenvalue weighted by Gasteiger charge is -2.16. The van der Waals surface area contributed by atoms with Crippen LogP contribution < -0.4 is 0 Å². The molecule has 0 radical (unpaired) electrons. The third-order valence-corrected chi connectivity index (χ3v) is 5.42. The number of alkyl halides is 1. The van der Waals surface area contributed by atoms with Gasteiger partial charge in [-0.25, -0.2) is 4.39 Å². The number of hydrogen-bond donors (Lipinski definition) is 0. The maximum Gasteiger partial charge on any atom is 0.143 e. The fourth-order valence-electron chi connectivity index (χ4n) is 4.00. The molecule has 4 rings (SSSR count). The number of hydrogen-bond acceptors (Lipinski definition) is 1. The molecule has 0 fully saturated rings. The molecular formula is C22H25FN2. The van der Waals surface area contributed by atoms with E-state index in [1.54, 1.807) is 0 Å². The van der Waals surface area contributed by atoms with Gasteiger partial charge in [0.2, 0.25) is 0 Å². The summed E-state index contributed by atoms with van der Waals surface area (Å²) in [4.78, 5) is 2.37. The molecule has 2 heterocycles. The van der Waals surface area contributed by atoms with Gasteiger partial charge < -0.3 is 9.47 Å². The predicted molar refractivity (Wildman–Crippen MR) is 102 cm³/mol. The monoisotopic (exact) mass is 336 g/mol. The first-order chi connectivity index (χ1) is 12.1. The van der Waals surface area contributed by atoms with E-state index >= 15 is 4.39 Å². The van der Waals surface area contributed by atoms with Crippen molar-refractivity contribution in [3.05, 3.63) is 70.9 Å². The van der Waals surface area contributed by atoms with Crippen LogP contribution in [0.3, 0.4) is 0 Å². The number of aryl methyl sites for hydroxylation is 1. The van der Waals surface area contributed by atoms with Gasteiger partial charge >= 0.3 is 0 Å². The van der Waals surface area contributed by atoms with Gasteiger partial charge in [0.25, 0.3) is 0 Å². The zero-order valence-electron chi connectivity index (χ0n) is 15.0. The zero-order chi connectivity index (χ0) is 17.4. The van der Waals surface area contributed by atoms with Crippen molar-refractivity contribution < 1.29 is 4.39 Å². The van der Waals surface area contributed by atoms with Gasteiger partial charge in [-0.05, 0) is 43.7 Å². The van der Waals surface area contributed by atoms with Crippen LogP contribution >= 0.6 is 0 Å². The van der Waals surface area contributed by atoms with Crippen LogP contribution in [0.15, 0.2) is 48.5 Å². The van der Waals surface area contributed by atoms with E-state index in [2.05, 4.69) is 41.6 Å². The summed E-state index contributed by atoms with van der Waals surface area (Å²) >= 11 is 0. The molecular weight excluding hydrogens is 311 g/mol. The lowest BCUT2D eigenvalue weighted by molar-refractivity contribution is 0.302. The van der Waals surface area contributed by atoms with Crippen LogP contribution in [0.1, 0.15) is 28.6 Å². The molecule has 2 nitrogen and oxygen atoms in total. The van der Waals surface area contributed by atoms with Crippen LogP contribution in [0.4, 0.5) is 4.39 Å². The standard InChI is InChI=1S/C22H25FN2/c1-16-8-9-21-19(14-16)18-10-12-24(2)13-11-22(18)25(21)15-20(23)17-6-4-3-5-7-17/h3-9,14,20H,10-13,15H2,1-2H3. The van der Waals surface area contributed by atoms with Gasteiger partial charge in [0.15, 0.2) is 0 Å². The second-order valence-corrected chi connectivity index (χ2v) is 7.24. The summed E-state index contributed by atoms with van der Waals surface area (Å²) in [5.74, 6) is 0. The van der Waals surface area contributed by atoms with Gasteiger partial charge in [-0.3, -0.25) is 0 Å². The van der Waals surface area contributed by atoms with Crippen molar-refractivity contribution in [2.45, 2.75) is 32.5 Å². The number of halogens is 1. The highest BCUT2D eigenvalue weighted by atomic mass is 19.1. The molecule has 3 heteroatoms. The summed E-state index contributed by atoms with van der Waals surface area (Å²) in [5, 5.41) is 1.31. The summed E-state index contributed by atoms with van der Waals surface area (Å²) in [6.45, 7) is 4.62. The normalized spacial score (nSPS) is 16.6. The van der Waals surface area contributed by atoms with Gasteiger partial charge in [0, 0.05) is 36.1 Å². The lowest BCUT2D eigenvalue weighted by atomic mass is 10.1. The molecule has 3 aromatic rings. The molecule has 130 valence electrons. The van der Waals surface area contributed by atoms with Crippen LogP contribution in [-0.2, 0) is 19.4 Å². The molecule has 0 bridgehead atoms. The lowest BCUT2D eigenvalue weighted by Crippen LogP contribution is -2.21. The average molecular weight is 336 g/mol. The minimum absolute atomic E-state index is 0.391. The fourth-order valence-corrected chi connectivity index (χ4v) is 4.00. The van der Waals surface area contributed by atoms with Gasteiger partial charge in [-0.1, -0.05) is 42.0 Å². The molecule has 25 heavy (non-hydrogen) atoms. The van der Waals surface area contributed by atoms with Gasteiger partial charge in [-0.15, -0.1) is 0 Å². The molecule has 1 unspecified atom stereocenters. The molecule has 0 spiro atoms. The van der Waals surface area contributed by atoms with Gasteiger partial charge in [0.05, 0.1) is 6.54 Å². The summed E-state index contributed by atoms with van der Waals surface area (Å²) < 4.78 is 17.3. The molecule has 0 amide bonds. The average Bonchev–Trinajstić information content (AvgIpc) is 2.76. The van der Waals surface area contributed by atoms with Crippen LogP contribution in [0.5, 0.6) is 0 Å². The molecule has 0 N–H and O–H groups in total. The van der Waals surface area contributed by atoms with Crippen LogP contribution in [0, 0.1) is 6.92 Å². The van der Waals surface area contributed by atoms with E-state index in [4.69, 9.17) is 0 Å². The smallest absolute Gasteiger partial charge is 0.143 e. The third kappa shape index (κ3) is 3.09. The van der Waals surface area contributed by atoms with E-state index < -0.39 is 6.17 Å². The Labute approximate surface area is 148 Å². The van der Waals surface area contributed by atoms with Crippen LogP contribution in [0.25, 0.3) is 10.9 Å². The van der Waals surface area contributed by atoms with Gasteiger partial charge in [0.1, 0.15) is 6.17 Å². The number of aromatic nitrogens is 1. The highest BCUT2D eigenvalue weighted by Crippen LogP contribution is 2.32. The number of fused-ring (bicyclic) bond motifs is 3. The minimum atomic E-state index is -0.983. The number of likely N-dealkylation sites (N-methyl/N-ethyl adjacent to an activating group) is 1. The zero-order valence-corrected chi connectivity index (χ0v) is 15.0. The topological polar surface area (TPSA) is 8.17 Å². The van der Waals surface area contributed by atoms with Crippen molar-refractivity contribution in [1.82, 2.24) is 9.47 Å². The number of rotatable bonds is 3. The maximum absolute atomic E-state index is 15.0. The van der Waals surface area contributed by atoms with E-state index in [9.17, 15) is 0 Å². The number of nitrogens with zero attached hydrogens (tertiary/aromatic N) is 2. The summed E-state index contributed by atoms with van der Waals surface area (Å²) in [6.07, 6.45) is 1.05. The summed E-state index contributed by atoms with van der Waals surface area (Å²) in [7, 11) is 2.17. The van der Waals surface area contributed by atoms with E-state index in [0.717, 1.165) is 31.5 Å². The van der Waals surface area contributed by atoms with Crippen LogP contribution in [-0.4, -0.2) is 29.6 Å². The third-order valence-electron chi connectivity index (χ3n) is 5.42. The Balaban J connectivity index is 1.80. The Hall–Kier alpha value is -2.13. The molecule has 0 aliphatic carbocycles. The Morgan fingerprint density at radius 3 is 2.60 bits per heavy atom. The SMILES string of the molecule is Cc1ccc2c(c1)c1c(n2CC(F)c2ccccc2)CCN(C)CC1. The molecule has 1 aromatic heterocycles. The van der Waals surface area contributed by atoms with Crippen molar-refractivity contribution in [2.75, 3.05) is 20.1 Å². The van der Waals surface area contributed by atoms with E-state index in [-0.39, 0.29) is 0 Å². The minimum Gasteiger partial charge on any atom is -0.341 e.